The number of nitrogens with zero attached hydrogens (tertiary/aromatic N) is 1. The van der Waals surface area contributed by atoms with E-state index in [1.165, 1.54) is 6.07 Å². The minimum atomic E-state index is -0.932. The highest BCUT2D eigenvalue weighted by atomic mass is 19.2. The highest BCUT2D eigenvalue weighted by Gasteiger charge is 2.14. The van der Waals surface area contributed by atoms with E-state index in [9.17, 15) is 8.78 Å². The van der Waals surface area contributed by atoms with Crippen LogP contribution < -0.4 is 5.73 Å². The summed E-state index contributed by atoms with van der Waals surface area (Å²) < 4.78 is 26.6. The van der Waals surface area contributed by atoms with Crippen LogP contribution in [-0.2, 0) is 6.42 Å². The fourth-order valence-corrected chi connectivity index (χ4v) is 1.79. The molecule has 2 nitrogen and oxygen atoms in total. The molecule has 0 aliphatic heterocycles. The summed E-state index contributed by atoms with van der Waals surface area (Å²) in [6.07, 6.45) is 0.641. The topological polar surface area (TPSA) is 38.9 Å². The van der Waals surface area contributed by atoms with Gasteiger partial charge >= 0.3 is 0 Å². The molecular weight excluding hydrogens is 210 g/mol. The first-order chi connectivity index (χ1) is 7.56. The Labute approximate surface area is 92.1 Å². The Morgan fingerprint density at radius 1 is 1.31 bits per heavy atom. The van der Waals surface area contributed by atoms with E-state index in [0.717, 1.165) is 11.6 Å². The number of pyridine rings is 1. The lowest BCUT2D eigenvalue weighted by molar-refractivity contribution is 0.515. The molecule has 0 amide bonds. The maximum atomic E-state index is 13.5. The van der Waals surface area contributed by atoms with Crippen LogP contribution >= 0.6 is 0 Å². The Balaban J connectivity index is 2.93. The Morgan fingerprint density at radius 3 is 2.62 bits per heavy atom. The molecule has 84 valence electrons. The molecule has 0 spiro atoms. The third-order valence-corrected chi connectivity index (χ3v) is 2.78. The molecule has 0 radical (unpaired) electrons. The molecule has 4 heteroatoms. The van der Waals surface area contributed by atoms with Gasteiger partial charge in [-0.15, -0.1) is 0 Å². The lowest BCUT2D eigenvalue weighted by Gasteiger charge is -2.10. The van der Waals surface area contributed by atoms with Gasteiger partial charge < -0.3 is 5.73 Å². The molecule has 0 atom stereocenters. The number of nitrogen functional groups attached to an aromatic ring is 1. The average molecular weight is 222 g/mol. The molecule has 2 aromatic rings. The van der Waals surface area contributed by atoms with Gasteiger partial charge in [0.2, 0.25) is 0 Å². The van der Waals surface area contributed by atoms with Crippen molar-refractivity contribution < 1.29 is 8.78 Å². The first-order valence-electron chi connectivity index (χ1n) is 5.09. The van der Waals surface area contributed by atoms with E-state index in [4.69, 9.17) is 5.73 Å². The van der Waals surface area contributed by atoms with Crippen LogP contribution in [0.5, 0.6) is 0 Å². The van der Waals surface area contributed by atoms with Gasteiger partial charge in [-0.1, -0.05) is 6.92 Å². The maximum Gasteiger partial charge on any atom is 0.185 e. The van der Waals surface area contributed by atoms with Crippen LogP contribution in [0.3, 0.4) is 0 Å². The molecule has 1 heterocycles. The second-order valence-electron chi connectivity index (χ2n) is 3.71. The Morgan fingerprint density at radius 2 is 2.00 bits per heavy atom. The summed E-state index contributed by atoms with van der Waals surface area (Å²) in [5.41, 5.74) is 7.91. The second kappa shape index (κ2) is 3.70. The Hall–Kier alpha value is -1.71. The minimum absolute atomic E-state index is 0.0138. The van der Waals surface area contributed by atoms with E-state index in [1.807, 2.05) is 13.8 Å². The molecular formula is C12H12F2N2. The number of hydrogen-bond donors (Lipinski definition) is 1. The zero-order valence-corrected chi connectivity index (χ0v) is 9.14. The molecule has 2 rings (SSSR count). The number of aromatic nitrogens is 1. The summed E-state index contributed by atoms with van der Waals surface area (Å²) in [6, 6.07) is 2.53. The van der Waals surface area contributed by atoms with Crippen molar-refractivity contribution in [3.63, 3.8) is 0 Å². The molecule has 0 saturated carbocycles. The van der Waals surface area contributed by atoms with Gasteiger partial charge in [0.15, 0.2) is 11.6 Å². The van der Waals surface area contributed by atoms with Crippen LogP contribution in [0, 0.1) is 18.6 Å². The molecule has 0 unspecified atom stereocenters. The van der Waals surface area contributed by atoms with E-state index in [2.05, 4.69) is 4.98 Å². The molecule has 0 bridgehead atoms. The lowest BCUT2D eigenvalue weighted by Crippen LogP contribution is -2.02. The molecule has 0 saturated heterocycles. The van der Waals surface area contributed by atoms with Crippen LogP contribution in [-0.4, -0.2) is 4.98 Å². The monoisotopic (exact) mass is 222 g/mol. The lowest BCUT2D eigenvalue weighted by atomic mass is 10.1. The van der Waals surface area contributed by atoms with Crippen molar-refractivity contribution in [2.45, 2.75) is 20.3 Å². The van der Waals surface area contributed by atoms with E-state index in [1.54, 1.807) is 0 Å². The van der Waals surface area contributed by atoms with Crippen LogP contribution in [0.25, 0.3) is 10.9 Å². The highest BCUT2D eigenvalue weighted by Crippen LogP contribution is 2.28. The van der Waals surface area contributed by atoms with E-state index < -0.39 is 11.6 Å². The zero-order valence-electron chi connectivity index (χ0n) is 9.14. The Kier molecular flexibility index (Phi) is 2.50. The predicted octanol–water partition coefficient (Wildman–Crippen LogP) is 2.97. The fraction of sp³-hybridized carbons (Fsp3) is 0.250. The minimum Gasteiger partial charge on any atom is -0.398 e. The summed E-state index contributed by atoms with van der Waals surface area (Å²) in [4.78, 5) is 4.12. The van der Waals surface area contributed by atoms with E-state index in [0.29, 0.717) is 23.2 Å². The highest BCUT2D eigenvalue weighted by molar-refractivity contribution is 5.92. The number of benzene rings is 1. The molecule has 0 aliphatic rings. The summed E-state index contributed by atoms with van der Waals surface area (Å²) in [7, 11) is 0. The predicted molar refractivity (Wildman–Crippen MR) is 60.2 cm³/mol. The molecule has 0 aliphatic carbocycles. The normalized spacial score (nSPS) is 11.0. The largest absolute Gasteiger partial charge is 0.398 e. The van der Waals surface area contributed by atoms with Gasteiger partial charge in [-0.25, -0.2) is 13.8 Å². The SMILES string of the molecule is CCc1nc2c(F)c(F)ccc2c(N)c1C. The van der Waals surface area contributed by atoms with Crippen molar-refractivity contribution in [3.8, 4) is 0 Å². The number of nitrogens with two attached hydrogens (primary N) is 1. The van der Waals surface area contributed by atoms with Crippen LogP contribution in [0.15, 0.2) is 12.1 Å². The summed E-state index contributed by atoms with van der Waals surface area (Å²) in [6.45, 7) is 3.74. The zero-order chi connectivity index (χ0) is 11.9. The number of fused-ring (bicyclic) bond motifs is 1. The quantitative estimate of drug-likeness (QED) is 0.805. The standard InChI is InChI=1S/C12H12F2N2/c1-3-9-6(2)11(15)7-4-5-8(13)10(14)12(7)16-9/h4-5H,3H2,1-2H3,(H2,15,16). The molecule has 1 aromatic heterocycles. The van der Waals surface area contributed by atoms with Gasteiger partial charge in [-0.2, -0.15) is 0 Å². The van der Waals surface area contributed by atoms with Crippen LogP contribution in [0.1, 0.15) is 18.2 Å². The van der Waals surface area contributed by atoms with Crippen LogP contribution in [0.4, 0.5) is 14.5 Å². The average Bonchev–Trinajstić information content (AvgIpc) is 2.28. The summed E-state index contributed by atoms with van der Waals surface area (Å²) in [5, 5.41) is 0.466. The number of rotatable bonds is 1. The van der Waals surface area contributed by atoms with Gasteiger partial charge in [0, 0.05) is 16.8 Å². The van der Waals surface area contributed by atoms with Gasteiger partial charge in [0.05, 0.1) is 0 Å². The summed E-state index contributed by atoms with van der Waals surface area (Å²) in [5.74, 6) is -1.83. The van der Waals surface area contributed by atoms with Crippen molar-refractivity contribution in [1.29, 1.82) is 0 Å². The number of aryl methyl sites for hydroxylation is 1. The van der Waals surface area contributed by atoms with Gasteiger partial charge in [-0.05, 0) is 31.0 Å². The van der Waals surface area contributed by atoms with Crippen molar-refractivity contribution >= 4 is 16.6 Å². The van der Waals surface area contributed by atoms with Crippen molar-refractivity contribution in [2.75, 3.05) is 5.73 Å². The van der Waals surface area contributed by atoms with E-state index in [-0.39, 0.29) is 5.52 Å². The third kappa shape index (κ3) is 1.41. The smallest absolute Gasteiger partial charge is 0.185 e. The van der Waals surface area contributed by atoms with Crippen molar-refractivity contribution in [3.05, 3.63) is 35.0 Å². The van der Waals surface area contributed by atoms with Gasteiger partial charge in [0.25, 0.3) is 0 Å². The first-order valence-corrected chi connectivity index (χ1v) is 5.09. The number of halogens is 2. The first kappa shape index (κ1) is 10.8. The van der Waals surface area contributed by atoms with E-state index >= 15 is 0 Å². The molecule has 1 aromatic carbocycles. The van der Waals surface area contributed by atoms with Crippen LogP contribution in [0.2, 0.25) is 0 Å². The van der Waals surface area contributed by atoms with Gasteiger partial charge in [0.1, 0.15) is 5.52 Å². The number of anilines is 1. The number of hydrogen-bond acceptors (Lipinski definition) is 2. The summed E-state index contributed by atoms with van der Waals surface area (Å²) >= 11 is 0. The van der Waals surface area contributed by atoms with Gasteiger partial charge in [-0.3, -0.25) is 0 Å². The third-order valence-electron chi connectivity index (χ3n) is 2.78. The molecule has 16 heavy (non-hydrogen) atoms. The maximum absolute atomic E-state index is 13.5. The molecule has 0 fully saturated rings. The second-order valence-corrected chi connectivity index (χ2v) is 3.71. The van der Waals surface area contributed by atoms with Crippen molar-refractivity contribution in [1.82, 2.24) is 4.98 Å². The Bertz CT molecular complexity index is 565. The fourth-order valence-electron chi connectivity index (χ4n) is 1.79. The molecule has 2 N–H and O–H groups in total. The van der Waals surface area contributed by atoms with Crippen molar-refractivity contribution in [2.24, 2.45) is 0 Å².